The Bertz CT molecular complexity index is 2330. The number of thioether (sulfide) groups is 2. The van der Waals surface area contributed by atoms with E-state index in [0.29, 0.717) is 28.6 Å². The molecule has 2 aliphatic rings. The largest absolute Gasteiger partial charge is 0.398 e. The van der Waals surface area contributed by atoms with E-state index in [1.807, 2.05) is 83.8 Å². The summed E-state index contributed by atoms with van der Waals surface area (Å²) in [4.78, 5) is 57.7. The molecule has 17 heteroatoms. The summed E-state index contributed by atoms with van der Waals surface area (Å²) >= 11 is 4.38. The van der Waals surface area contributed by atoms with Crippen LogP contribution in [0, 0.1) is 0 Å². The lowest BCUT2D eigenvalue weighted by atomic mass is 9.77. The Balaban J connectivity index is 1.01. The highest BCUT2D eigenvalue weighted by molar-refractivity contribution is 8.01. The number of nitrogens with one attached hydrogen (secondary N) is 2. The minimum Gasteiger partial charge on any atom is -0.398 e. The molecule has 2 aliphatic heterocycles. The van der Waals surface area contributed by atoms with Gasteiger partial charge in [0.1, 0.15) is 24.0 Å². The molecule has 1 saturated heterocycles. The molecule has 3 aromatic heterocycles. The van der Waals surface area contributed by atoms with Gasteiger partial charge >= 0.3 is 11.9 Å². The highest BCUT2D eigenvalue weighted by Gasteiger charge is 2.46. The molecule has 6 aromatic rings. The molecule has 5 heterocycles. The van der Waals surface area contributed by atoms with Crippen LogP contribution in [0.25, 0.3) is 0 Å². The van der Waals surface area contributed by atoms with Crippen molar-refractivity contribution in [2.45, 2.75) is 22.2 Å². The van der Waals surface area contributed by atoms with Crippen molar-refractivity contribution in [3.63, 3.8) is 0 Å². The van der Waals surface area contributed by atoms with E-state index >= 15 is 0 Å². The van der Waals surface area contributed by atoms with Gasteiger partial charge in [-0.25, -0.2) is 9.78 Å². The normalized spacial score (nSPS) is 15.4. The van der Waals surface area contributed by atoms with Gasteiger partial charge in [-0.05, 0) is 22.3 Å². The number of anilines is 1. The number of carbonyl (C=O) groups excluding carboxylic acids is 3. The van der Waals surface area contributed by atoms with Gasteiger partial charge in [-0.1, -0.05) is 106 Å². The molecule has 0 radical (unpaired) electrons. The van der Waals surface area contributed by atoms with E-state index in [1.165, 1.54) is 35.1 Å². The predicted molar refractivity (Wildman–Crippen MR) is 216 cm³/mol. The summed E-state index contributed by atoms with van der Waals surface area (Å²) in [7, 11) is 1.31. The molecule has 0 saturated carbocycles. The zero-order valence-corrected chi connectivity index (χ0v) is 32.7. The number of pyridine rings is 1. The summed E-state index contributed by atoms with van der Waals surface area (Å²) in [5.74, 6) is -0.966. The van der Waals surface area contributed by atoms with E-state index in [9.17, 15) is 14.4 Å². The number of fused-ring (bicyclic) bond motifs is 1. The van der Waals surface area contributed by atoms with Gasteiger partial charge in [0.05, 0.1) is 11.8 Å². The summed E-state index contributed by atoms with van der Waals surface area (Å²) in [5.41, 5.74) is 5.12. The fourth-order valence-corrected chi connectivity index (χ4v) is 9.62. The van der Waals surface area contributed by atoms with Crippen LogP contribution in [0.3, 0.4) is 0 Å². The summed E-state index contributed by atoms with van der Waals surface area (Å²) in [6.07, 6.45) is 7.21. The number of amides is 2. The fourth-order valence-electron chi connectivity index (χ4n) is 6.58. The van der Waals surface area contributed by atoms with Gasteiger partial charge in [0, 0.05) is 33.9 Å². The lowest BCUT2D eigenvalue weighted by molar-refractivity contribution is -0.728. The van der Waals surface area contributed by atoms with Gasteiger partial charge in [0.25, 0.3) is 0 Å². The molecule has 286 valence electrons. The Hall–Kier alpha value is -6.30. The number of rotatable bonds is 13. The molecule has 14 nitrogen and oxygen atoms in total. The van der Waals surface area contributed by atoms with Crippen LogP contribution in [0.1, 0.15) is 28.8 Å². The van der Waals surface area contributed by atoms with Crippen molar-refractivity contribution in [3.8, 4) is 0 Å². The van der Waals surface area contributed by atoms with Crippen LogP contribution < -0.4 is 15.5 Å². The van der Waals surface area contributed by atoms with Crippen molar-refractivity contribution in [2.24, 2.45) is 5.16 Å². The first-order chi connectivity index (χ1) is 27.9. The van der Waals surface area contributed by atoms with E-state index < -0.39 is 17.4 Å². The number of nitrogens with zero attached hydrogens (tertiary/aromatic N) is 7. The van der Waals surface area contributed by atoms with Gasteiger partial charge in [-0.2, -0.15) is 5.48 Å². The number of oxime groups is 1. The van der Waals surface area contributed by atoms with Gasteiger partial charge < -0.3 is 15.0 Å². The smallest absolute Gasteiger partial charge is 0.379 e. The zero-order valence-electron chi connectivity index (χ0n) is 30.3. The lowest BCUT2D eigenvalue weighted by Crippen LogP contribution is -2.54. The number of benzene rings is 3. The van der Waals surface area contributed by atoms with Gasteiger partial charge in [-0.15, -0.1) is 45.1 Å². The van der Waals surface area contributed by atoms with Crippen molar-refractivity contribution in [1.82, 2.24) is 30.2 Å². The Morgan fingerprint density at radius 3 is 2.12 bits per heavy atom. The summed E-state index contributed by atoms with van der Waals surface area (Å²) in [6, 6.07) is 34.0. The molecule has 0 bridgehead atoms. The first-order valence-corrected chi connectivity index (χ1v) is 20.5. The predicted octanol–water partition coefficient (Wildman–Crippen LogP) is 5.01. The number of β-lactam (4-membered cyclic amide) rings is 1. The monoisotopic (exact) mass is 816 g/mol. The van der Waals surface area contributed by atoms with E-state index in [-0.39, 0.29) is 28.4 Å². The van der Waals surface area contributed by atoms with E-state index in [4.69, 9.17) is 14.7 Å². The summed E-state index contributed by atoms with van der Waals surface area (Å²) < 4.78 is 3.53. The summed E-state index contributed by atoms with van der Waals surface area (Å²) in [5, 5.41) is 17.3. The first kappa shape index (κ1) is 37.6. The second-order valence-electron chi connectivity index (χ2n) is 12.7. The van der Waals surface area contributed by atoms with E-state index in [0.717, 1.165) is 21.6 Å². The van der Waals surface area contributed by atoms with Crippen LogP contribution in [0.5, 0.6) is 0 Å². The number of hydrogen-bond donors (Lipinski definition) is 2. The lowest BCUT2D eigenvalue weighted by Gasteiger charge is -2.44. The van der Waals surface area contributed by atoms with Crippen LogP contribution in [-0.4, -0.2) is 72.2 Å². The molecule has 8 rings (SSSR count). The Morgan fingerprint density at radius 2 is 1.54 bits per heavy atom. The van der Waals surface area contributed by atoms with Gasteiger partial charge in [0.15, 0.2) is 23.5 Å². The Labute approximate surface area is 339 Å². The summed E-state index contributed by atoms with van der Waals surface area (Å²) in [6.45, 7) is 0. The van der Waals surface area contributed by atoms with Crippen molar-refractivity contribution in [3.05, 3.63) is 167 Å². The molecule has 0 aliphatic carbocycles. The third-order valence-electron chi connectivity index (χ3n) is 9.29. The number of hydroxylamine groups is 1. The van der Waals surface area contributed by atoms with Gasteiger partial charge in [-0.3, -0.25) is 14.5 Å². The number of hydrogen-bond acceptors (Lipinski definition) is 13. The molecule has 2 N–H and O–H groups in total. The standard InChI is InChI=1S/C40H33N9O5S3/c1-53-45-35(32-24-57-39(43-32)44-40(28-11-5-2-6-12-28,29-13-7-3-8-14-29)30-15-9-4-10-16-30)37(51)46-54-38(52)36-27(23-56-34-21-33(50)49(34)36)22-55-31-17-19-47(20-18-31)48-25-41-42-26-48/h2-20,24-26,34H,21-23H2,1H3,(H-,43,44,46,51)/p+1/b45-35-/t34-/m0/s1. The van der Waals surface area contributed by atoms with Crippen molar-refractivity contribution >= 4 is 63.5 Å². The minimum atomic E-state index is -0.860. The molecule has 1 atom stereocenters. The fraction of sp³-hybridized carbons (Fsp3) is 0.150. The molecule has 2 amide bonds. The molecular weight excluding hydrogens is 783 g/mol. The van der Waals surface area contributed by atoms with Crippen LogP contribution in [0.2, 0.25) is 0 Å². The zero-order chi connectivity index (χ0) is 39.2. The first-order valence-electron chi connectivity index (χ1n) is 17.6. The average Bonchev–Trinajstić information content (AvgIpc) is 3.97. The van der Waals surface area contributed by atoms with Gasteiger partial charge in [0.2, 0.25) is 18.3 Å². The minimum absolute atomic E-state index is 0.128. The van der Waals surface area contributed by atoms with Crippen molar-refractivity contribution in [2.75, 3.05) is 23.9 Å². The molecular formula is C40H34N9O5S3+. The molecule has 57 heavy (non-hydrogen) atoms. The number of thiazole rings is 1. The van der Waals surface area contributed by atoms with Crippen LogP contribution in [0.4, 0.5) is 5.13 Å². The van der Waals surface area contributed by atoms with Crippen LogP contribution in [-0.2, 0) is 29.6 Å². The Morgan fingerprint density at radius 1 is 0.930 bits per heavy atom. The molecule has 1 fully saturated rings. The molecule has 3 aromatic carbocycles. The average molecular weight is 817 g/mol. The maximum atomic E-state index is 13.7. The third-order valence-corrected chi connectivity index (χ3v) is 12.4. The second kappa shape index (κ2) is 16.8. The molecule has 0 unspecified atom stereocenters. The van der Waals surface area contributed by atoms with Crippen molar-refractivity contribution in [1.29, 1.82) is 0 Å². The third kappa shape index (κ3) is 7.76. The molecule has 0 spiro atoms. The maximum absolute atomic E-state index is 13.7. The SMILES string of the molecule is CO/N=C(\C(=O)NOC(=O)C1=C(CSc2cc[n+](-n3cnnc3)cc2)CS[C@H]2CC(=O)N12)c1csc(NC(c2ccccc2)(c2ccccc2)c2ccccc2)n1. The number of carbonyl (C=O) groups is 3. The quantitative estimate of drug-likeness (QED) is 0.0404. The van der Waals surface area contributed by atoms with Crippen LogP contribution >= 0.6 is 34.9 Å². The maximum Gasteiger partial charge on any atom is 0.379 e. The van der Waals surface area contributed by atoms with Crippen molar-refractivity contribution < 1.29 is 28.7 Å². The topological polar surface area (TPSA) is 157 Å². The van der Waals surface area contributed by atoms with E-state index in [2.05, 4.69) is 62.5 Å². The highest BCUT2D eigenvalue weighted by Crippen LogP contribution is 2.42. The highest BCUT2D eigenvalue weighted by atomic mass is 32.2. The van der Waals surface area contributed by atoms with E-state index in [1.54, 1.807) is 34.5 Å². The Kier molecular flexibility index (Phi) is 11.1. The second-order valence-corrected chi connectivity index (χ2v) is 15.8. The number of aromatic nitrogens is 5. The van der Waals surface area contributed by atoms with Crippen LogP contribution in [0.15, 0.2) is 155 Å².